The quantitative estimate of drug-likeness (QED) is 0.570. The van der Waals surface area contributed by atoms with Gasteiger partial charge in [0.1, 0.15) is 6.61 Å². The van der Waals surface area contributed by atoms with Crippen molar-refractivity contribution in [3.05, 3.63) is 24.0 Å². The molecule has 3 nitrogen and oxygen atoms in total. The molecule has 0 aliphatic rings. The van der Waals surface area contributed by atoms with Gasteiger partial charge in [-0.2, -0.15) is 0 Å². The first-order chi connectivity index (χ1) is 6.25. The molecule has 0 spiro atoms. The molecule has 0 bridgehead atoms. The molecule has 0 unspecified atom stereocenters. The number of hydrogen-bond acceptors (Lipinski definition) is 3. The highest BCUT2D eigenvalue weighted by atomic mass is 19.1. The number of rotatable bonds is 4. The van der Waals surface area contributed by atoms with Crippen molar-refractivity contribution in [2.24, 2.45) is 0 Å². The van der Waals surface area contributed by atoms with E-state index >= 15 is 0 Å². The summed E-state index contributed by atoms with van der Waals surface area (Å²) in [6, 6.07) is 4.65. The van der Waals surface area contributed by atoms with Crippen molar-refractivity contribution < 1.29 is 13.9 Å². The van der Waals surface area contributed by atoms with E-state index < -0.39 is 5.82 Å². The van der Waals surface area contributed by atoms with Gasteiger partial charge in [0.25, 0.3) is 0 Å². The summed E-state index contributed by atoms with van der Waals surface area (Å²) in [6.45, 7) is 0.741. The summed E-state index contributed by atoms with van der Waals surface area (Å²) >= 11 is 0. The molecule has 13 heavy (non-hydrogen) atoms. The maximum atomic E-state index is 13.1. The van der Waals surface area contributed by atoms with Crippen molar-refractivity contribution in [1.82, 2.24) is 0 Å². The van der Waals surface area contributed by atoms with E-state index in [0.717, 1.165) is 0 Å². The number of benzene rings is 1. The lowest BCUT2D eigenvalue weighted by Crippen LogP contribution is -2.06. The minimum atomic E-state index is -0.515. The Kier molecular flexibility index (Phi) is 3.52. The Morgan fingerprint density at radius 2 is 2.15 bits per heavy atom. The Bertz CT molecular complexity index is 278. The molecule has 1 aromatic rings. The summed E-state index contributed by atoms with van der Waals surface area (Å²) in [7, 11) is 1.55. The Balaban J connectivity index is 2.61. The normalized spacial score (nSPS) is 10.0. The van der Waals surface area contributed by atoms with Crippen LogP contribution in [0, 0.1) is 5.82 Å². The average Bonchev–Trinajstić information content (AvgIpc) is 2.13. The van der Waals surface area contributed by atoms with Crippen molar-refractivity contribution in [2.75, 3.05) is 26.1 Å². The lowest BCUT2D eigenvalue weighted by Gasteiger charge is -2.07. The van der Waals surface area contributed by atoms with Crippen LogP contribution in [0.25, 0.3) is 0 Å². The first-order valence-corrected chi connectivity index (χ1v) is 3.91. The molecular formula is C9H12FNO2. The molecule has 0 aliphatic heterocycles. The SMILES string of the molecule is COCCOc1cccc(N)c1F. The zero-order valence-electron chi connectivity index (χ0n) is 7.42. The van der Waals surface area contributed by atoms with Crippen molar-refractivity contribution in [1.29, 1.82) is 0 Å². The third-order valence-electron chi connectivity index (χ3n) is 1.54. The molecule has 0 aromatic heterocycles. The molecule has 1 aromatic carbocycles. The van der Waals surface area contributed by atoms with E-state index in [9.17, 15) is 4.39 Å². The summed E-state index contributed by atoms with van der Waals surface area (Å²) in [4.78, 5) is 0. The fourth-order valence-corrected chi connectivity index (χ4v) is 0.874. The predicted molar refractivity (Wildman–Crippen MR) is 48.2 cm³/mol. The number of halogens is 1. The lowest BCUT2D eigenvalue weighted by atomic mass is 10.3. The monoisotopic (exact) mass is 185 g/mol. The van der Waals surface area contributed by atoms with Gasteiger partial charge in [-0.3, -0.25) is 0 Å². The van der Waals surface area contributed by atoms with Crippen molar-refractivity contribution in [2.45, 2.75) is 0 Å². The molecule has 0 fully saturated rings. The van der Waals surface area contributed by atoms with Crippen LogP contribution in [0.15, 0.2) is 18.2 Å². The first kappa shape index (κ1) is 9.80. The molecule has 0 aliphatic carbocycles. The van der Waals surface area contributed by atoms with Crippen LogP contribution in [0.2, 0.25) is 0 Å². The number of nitrogen functional groups attached to an aromatic ring is 1. The van der Waals surface area contributed by atoms with Gasteiger partial charge in [0.15, 0.2) is 11.6 Å². The first-order valence-electron chi connectivity index (χ1n) is 3.91. The van der Waals surface area contributed by atoms with E-state index in [2.05, 4.69) is 0 Å². The van der Waals surface area contributed by atoms with Crippen molar-refractivity contribution in [3.63, 3.8) is 0 Å². The van der Waals surface area contributed by atoms with E-state index in [-0.39, 0.29) is 11.4 Å². The van der Waals surface area contributed by atoms with Crippen LogP contribution in [0.3, 0.4) is 0 Å². The Morgan fingerprint density at radius 1 is 1.38 bits per heavy atom. The van der Waals surface area contributed by atoms with Gasteiger partial charge in [-0.15, -0.1) is 0 Å². The highest BCUT2D eigenvalue weighted by molar-refractivity contribution is 5.45. The highest BCUT2D eigenvalue weighted by Crippen LogP contribution is 2.21. The Morgan fingerprint density at radius 3 is 2.85 bits per heavy atom. The van der Waals surface area contributed by atoms with Gasteiger partial charge in [0.05, 0.1) is 12.3 Å². The number of anilines is 1. The van der Waals surface area contributed by atoms with Crippen LogP contribution in [0.1, 0.15) is 0 Å². The molecule has 0 heterocycles. The standard InChI is InChI=1S/C9H12FNO2/c1-12-5-6-13-8-4-2-3-7(11)9(8)10/h2-4H,5-6,11H2,1H3. The lowest BCUT2D eigenvalue weighted by molar-refractivity contribution is 0.144. The maximum absolute atomic E-state index is 13.1. The van der Waals surface area contributed by atoms with Crippen LogP contribution in [0.4, 0.5) is 10.1 Å². The van der Waals surface area contributed by atoms with Gasteiger partial charge >= 0.3 is 0 Å². The number of hydrogen-bond donors (Lipinski definition) is 1. The number of ether oxygens (including phenoxy) is 2. The van der Waals surface area contributed by atoms with Gasteiger partial charge in [-0.25, -0.2) is 4.39 Å². The van der Waals surface area contributed by atoms with E-state index in [1.54, 1.807) is 13.2 Å². The largest absolute Gasteiger partial charge is 0.488 e. The number of nitrogens with two attached hydrogens (primary N) is 1. The van der Waals surface area contributed by atoms with Crippen LogP contribution >= 0.6 is 0 Å². The molecule has 0 radical (unpaired) electrons. The maximum Gasteiger partial charge on any atom is 0.187 e. The topological polar surface area (TPSA) is 44.5 Å². The minimum Gasteiger partial charge on any atom is -0.488 e. The minimum absolute atomic E-state index is 0.0925. The van der Waals surface area contributed by atoms with Gasteiger partial charge in [-0.1, -0.05) is 6.07 Å². The molecule has 0 amide bonds. The fourth-order valence-electron chi connectivity index (χ4n) is 0.874. The second-order valence-electron chi connectivity index (χ2n) is 2.50. The fraction of sp³-hybridized carbons (Fsp3) is 0.333. The van der Waals surface area contributed by atoms with Gasteiger partial charge in [0.2, 0.25) is 0 Å². The van der Waals surface area contributed by atoms with E-state index in [1.165, 1.54) is 12.1 Å². The van der Waals surface area contributed by atoms with Gasteiger partial charge in [0, 0.05) is 7.11 Å². The van der Waals surface area contributed by atoms with E-state index in [0.29, 0.717) is 13.2 Å². The molecule has 0 saturated carbocycles. The summed E-state index contributed by atoms with van der Waals surface area (Å²) in [5.41, 5.74) is 5.43. The van der Waals surface area contributed by atoms with E-state index in [4.69, 9.17) is 15.2 Å². The second-order valence-corrected chi connectivity index (χ2v) is 2.50. The Labute approximate surface area is 76.3 Å². The summed E-state index contributed by atoms with van der Waals surface area (Å²) < 4.78 is 23.0. The molecule has 0 atom stereocenters. The third kappa shape index (κ3) is 2.59. The molecule has 2 N–H and O–H groups in total. The van der Waals surface area contributed by atoms with Crippen LogP contribution in [-0.4, -0.2) is 20.3 Å². The van der Waals surface area contributed by atoms with Gasteiger partial charge in [-0.05, 0) is 12.1 Å². The summed E-state index contributed by atoms with van der Waals surface area (Å²) in [6.07, 6.45) is 0. The number of methoxy groups -OCH3 is 1. The van der Waals surface area contributed by atoms with Crippen LogP contribution < -0.4 is 10.5 Å². The molecule has 4 heteroatoms. The smallest absolute Gasteiger partial charge is 0.187 e. The van der Waals surface area contributed by atoms with Crippen LogP contribution in [0.5, 0.6) is 5.75 Å². The molecule has 0 saturated heterocycles. The molecular weight excluding hydrogens is 173 g/mol. The Hall–Kier alpha value is -1.29. The van der Waals surface area contributed by atoms with Crippen LogP contribution in [-0.2, 0) is 4.74 Å². The summed E-state index contributed by atoms with van der Waals surface area (Å²) in [5.74, 6) is -0.351. The predicted octanol–water partition coefficient (Wildman–Crippen LogP) is 1.43. The highest BCUT2D eigenvalue weighted by Gasteiger charge is 2.05. The third-order valence-corrected chi connectivity index (χ3v) is 1.54. The van der Waals surface area contributed by atoms with Crippen molar-refractivity contribution >= 4 is 5.69 Å². The van der Waals surface area contributed by atoms with Gasteiger partial charge < -0.3 is 15.2 Å². The average molecular weight is 185 g/mol. The van der Waals surface area contributed by atoms with Crippen molar-refractivity contribution in [3.8, 4) is 5.75 Å². The zero-order valence-corrected chi connectivity index (χ0v) is 7.42. The summed E-state index contributed by atoms with van der Waals surface area (Å²) in [5, 5.41) is 0. The second kappa shape index (κ2) is 4.67. The zero-order chi connectivity index (χ0) is 9.68. The molecule has 72 valence electrons. The van der Waals surface area contributed by atoms with E-state index in [1.807, 2.05) is 0 Å². The molecule has 1 rings (SSSR count).